The molecule has 1 N–H and O–H groups in total. The predicted molar refractivity (Wildman–Crippen MR) is 93.4 cm³/mol. The van der Waals surface area contributed by atoms with E-state index in [4.69, 9.17) is 11.6 Å². The third kappa shape index (κ3) is 4.17. The van der Waals surface area contributed by atoms with Gasteiger partial charge in [0.15, 0.2) is 27.1 Å². The summed E-state index contributed by atoms with van der Waals surface area (Å²) in [5.41, 5.74) is -2.92. The minimum Gasteiger partial charge on any atom is -0.249 e. The lowest BCUT2D eigenvalue weighted by Crippen LogP contribution is -2.25. The van der Waals surface area contributed by atoms with E-state index in [2.05, 4.69) is 5.10 Å². The first kappa shape index (κ1) is 22.2. The number of aromatic nitrogens is 3. The number of nitrogens with zero attached hydrogens (tertiary/aromatic N) is 2. The summed E-state index contributed by atoms with van der Waals surface area (Å²) in [6.45, 7) is 0. The highest BCUT2D eigenvalue weighted by Gasteiger charge is 2.39. The van der Waals surface area contributed by atoms with Gasteiger partial charge in [-0.1, -0.05) is 11.6 Å². The predicted octanol–water partition coefficient (Wildman–Crippen LogP) is 3.55. The van der Waals surface area contributed by atoms with Crippen molar-refractivity contribution in [3.8, 4) is 0 Å². The van der Waals surface area contributed by atoms with Gasteiger partial charge < -0.3 is 0 Å². The number of aromatic amines is 1. The monoisotopic (exact) mass is 473 g/mol. The van der Waals surface area contributed by atoms with Crippen molar-refractivity contribution in [2.45, 2.75) is 17.8 Å². The molecule has 2 heterocycles. The highest BCUT2D eigenvalue weighted by molar-refractivity contribution is 7.91. The molecule has 1 aromatic carbocycles. The molecule has 3 aromatic rings. The minimum atomic E-state index is -4.98. The fraction of sp³-hybridized carbons (Fsp3) is 0.250. The number of sulfone groups is 1. The van der Waals surface area contributed by atoms with Crippen LogP contribution in [0.25, 0.3) is 5.65 Å². The molecule has 1 atom stereocenters. The summed E-state index contributed by atoms with van der Waals surface area (Å²) >= 11 is 5.99. The zero-order valence-corrected chi connectivity index (χ0v) is 16.0. The number of fused-ring (bicyclic) bond motifs is 1. The Morgan fingerprint density at radius 1 is 1.17 bits per heavy atom. The van der Waals surface area contributed by atoms with E-state index in [1.807, 2.05) is 5.10 Å². The summed E-state index contributed by atoms with van der Waals surface area (Å²) in [4.78, 5) is 11.6. The molecule has 0 spiro atoms. The van der Waals surface area contributed by atoms with Crippen molar-refractivity contribution in [3.63, 3.8) is 0 Å². The molecule has 0 radical (unpaired) electrons. The van der Waals surface area contributed by atoms with Crippen LogP contribution in [0.4, 0.5) is 26.3 Å². The van der Waals surface area contributed by atoms with Crippen molar-refractivity contribution < 1.29 is 34.8 Å². The molecule has 30 heavy (non-hydrogen) atoms. The molecule has 0 bridgehead atoms. The van der Waals surface area contributed by atoms with Crippen LogP contribution in [0.2, 0.25) is 5.02 Å². The van der Waals surface area contributed by atoms with E-state index in [0.29, 0.717) is 12.1 Å². The van der Waals surface area contributed by atoms with E-state index in [-0.39, 0.29) is 5.65 Å². The first-order chi connectivity index (χ1) is 13.8. The molecule has 0 aliphatic heterocycles. The molecule has 14 heteroatoms. The number of halogens is 7. The van der Waals surface area contributed by atoms with Crippen molar-refractivity contribution in [3.05, 3.63) is 68.5 Å². The SMILES string of the molecule is O=c1[nH]nc2cc(C(c3c(F)ccc(F)c3F)S(=O)(=O)CCC(F)(F)F)c(Cl)cn12. The Balaban J connectivity index is 2.30. The van der Waals surface area contributed by atoms with Crippen molar-refractivity contribution in [2.24, 2.45) is 0 Å². The number of hydrogen-bond donors (Lipinski definition) is 1. The van der Waals surface area contributed by atoms with Crippen LogP contribution in [-0.4, -0.2) is 34.9 Å². The fourth-order valence-electron chi connectivity index (χ4n) is 2.83. The Bertz CT molecular complexity index is 1290. The molecule has 0 saturated carbocycles. The lowest BCUT2D eigenvalue weighted by atomic mass is 10.0. The van der Waals surface area contributed by atoms with Crippen molar-refractivity contribution in [2.75, 3.05) is 5.75 Å². The van der Waals surface area contributed by atoms with Gasteiger partial charge in [-0.3, -0.25) is 0 Å². The molecule has 0 aliphatic carbocycles. The van der Waals surface area contributed by atoms with Gasteiger partial charge in [0.25, 0.3) is 0 Å². The number of alkyl halides is 3. The van der Waals surface area contributed by atoms with Crippen LogP contribution in [0, 0.1) is 17.5 Å². The quantitative estimate of drug-likeness (QED) is 0.454. The maximum atomic E-state index is 14.4. The first-order valence-corrected chi connectivity index (χ1v) is 10.1. The lowest BCUT2D eigenvalue weighted by molar-refractivity contribution is -0.129. The Morgan fingerprint density at radius 2 is 1.80 bits per heavy atom. The normalized spacial score (nSPS) is 13.7. The molecule has 0 saturated heterocycles. The average Bonchev–Trinajstić information content (AvgIpc) is 2.99. The minimum absolute atomic E-state index is 0.229. The summed E-state index contributed by atoms with van der Waals surface area (Å²) in [6, 6.07) is 1.69. The van der Waals surface area contributed by atoms with Gasteiger partial charge in [0.05, 0.1) is 17.2 Å². The van der Waals surface area contributed by atoms with E-state index in [0.717, 1.165) is 16.7 Å². The highest BCUT2D eigenvalue weighted by atomic mass is 35.5. The van der Waals surface area contributed by atoms with Gasteiger partial charge in [0.2, 0.25) is 0 Å². The first-order valence-electron chi connectivity index (χ1n) is 7.99. The second-order valence-corrected chi connectivity index (χ2v) is 8.82. The second-order valence-electron chi connectivity index (χ2n) is 6.20. The number of H-pyrrole nitrogens is 1. The molecule has 3 rings (SSSR count). The maximum absolute atomic E-state index is 14.4. The Hall–Kier alpha value is -2.54. The summed E-state index contributed by atoms with van der Waals surface area (Å²) in [5.74, 6) is -6.57. The second kappa shape index (κ2) is 7.61. The van der Waals surface area contributed by atoms with Gasteiger partial charge >= 0.3 is 11.9 Å². The van der Waals surface area contributed by atoms with Crippen molar-refractivity contribution in [1.29, 1.82) is 0 Å². The zero-order chi connectivity index (χ0) is 22.4. The van der Waals surface area contributed by atoms with Crippen LogP contribution in [0.1, 0.15) is 22.8 Å². The Morgan fingerprint density at radius 3 is 2.43 bits per heavy atom. The van der Waals surface area contributed by atoms with Crippen molar-refractivity contribution in [1.82, 2.24) is 14.6 Å². The van der Waals surface area contributed by atoms with E-state index in [9.17, 15) is 39.6 Å². The number of pyridine rings is 1. The highest BCUT2D eigenvalue weighted by Crippen LogP contribution is 2.39. The molecule has 0 amide bonds. The Labute approximate surface area is 169 Å². The maximum Gasteiger partial charge on any atom is 0.390 e. The molecule has 0 fully saturated rings. The van der Waals surface area contributed by atoms with Gasteiger partial charge in [-0.25, -0.2) is 35.9 Å². The van der Waals surface area contributed by atoms with Crippen LogP contribution in [0.15, 0.2) is 29.2 Å². The van der Waals surface area contributed by atoms with Gasteiger partial charge in [-0.15, -0.1) is 0 Å². The van der Waals surface area contributed by atoms with E-state index in [1.165, 1.54) is 0 Å². The van der Waals surface area contributed by atoms with E-state index in [1.54, 1.807) is 0 Å². The smallest absolute Gasteiger partial charge is 0.249 e. The molecule has 1 unspecified atom stereocenters. The van der Waals surface area contributed by atoms with Crippen molar-refractivity contribution >= 4 is 27.1 Å². The van der Waals surface area contributed by atoms with Gasteiger partial charge in [-0.2, -0.15) is 18.3 Å². The molecule has 162 valence electrons. The lowest BCUT2D eigenvalue weighted by Gasteiger charge is -2.21. The standard InChI is InChI=1S/C16H10ClF6N3O3S/c17-8-6-26-11(24-25-15(26)27)5-7(8)14(30(28,29)4-3-16(21,22)23)12-9(18)1-2-10(19)13(12)20/h1-2,5-6,14H,3-4H2,(H,25,27). The number of nitrogens with one attached hydrogen (secondary N) is 1. The average molecular weight is 474 g/mol. The van der Waals surface area contributed by atoms with Crippen LogP contribution < -0.4 is 5.69 Å². The fourth-order valence-corrected chi connectivity index (χ4v) is 5.06. The summed E-state index contributed by atoms with van der Waals surface area (Å²) in [6.07, 6.45) is -5.83. The summed E-state index contributed by atoms with van der Waals surface area (Å²) < 4.78 is 107. The number of rotatable bonds is 5. The molecule has 6 nitrogen and oxygen atoms in total. The number of benzene rings is 1. The van der Waals surface area contributed by atoms with Crippen LogP contribution in [0.5, 0.6) is 0 Å². The van der Waals surface area contributed by atoms with Crippen LogP contribution >= 0.6 is 11.6 Å². The zero-order valence-electron chi connectivity index (χ0n) is 14.5. The molecular weight excluding hydrogens is 464 g/mol. The molecule has 0 aliphatic rings. The largest absolute Gasteiger partial charge is 0.390 e. The third-order valence-electron chi connectivity index (χ3n) is 4.19. The van der Waals surface area contributed by atoms with Crippen LogP contribution in [-0.2, 0) is 9.84 Å². The van der Waals surface area contributed by atoms with E-state index < -0.39 is 72.7 Å². The summed E-state index contributed by atoms with van der Waals surface area (Å²) in [7, 11) is -4.98. The van der Waals surface area contributed by atoms with Gasteiger partial charge in [0.1, 0.15) is 11.1 Å². The molecular formula is C16H10ClF6N3O3S. The van der Waals surface area contributed by atoms with Gasteiger partial charge in [-0.05, 0) is 23.8 Å². The molecule has 2 aromatic heterocycles. The van der Waals surface area contributed by atoms with E-state index >= 15 is 0 Å². The van der Waals surface area contributed by atoms with Crippen LogP contribution in [0.3, 0.4) is 0 Å². The Kier molecular flexibility index (Phi) is 5.62. The summed E-state index contributed by atoms with van der Waals surface area (Å²) in [5, 5.41) is 2.62. The third-order valence-corrected chi connectivity index (χ3v) is 6.48. The van der Waals surface area contributed by atoms with Gasteiger partial charge in [0, 0.05) is 11.8 Å². The topological polar surface area (TPSA) is 84.3 Å². The number of hydrogen-bond acceptors (Lipinski definition) is 4.